The van der Waals surface area contributed by atoms with Gasteiger partial charge in [-0.1, -0.05) is 25.1 Å². The Balaban J connectivity index is 1.88. The van der Waals surface area contributed by atoms with Crippen LogP contribution in [-0.2, 0) is 13.0 Å². The highest BCUT2D eigenvalue weighted by Gasteiger charge is 2.12. The van der Waals surface area contributed by atoms with Crippen LogP contribution in [-0.4, -0.2) is 27.6 Å². The van der Waals surface area contributed by atoms with Gasteiger partial charge in [-0.3, -0.25) is 0 Å². The van der Waals surface area contributed by atoms with Crippen LogP contribution in [0.1, 0.15) is 19.2 Å². The molecule has 1 aromatic carbocycles. The molecule has 0 aliphatic carbocycles. The summed E-state index contributed by atoms with van der Waals surface area (Å²) in [6.07, 6.45) is 0.630. The molecule has 1 heterocycles. The average molecular weight is 278 g/mol. The molecule has 0 amide bonds. The van der Waals surface area contributed by atoms with Crippen molar-refractivity contribution in [3.63, 3.8) is 0 Å². The molecular weight excluding hydrogens is 260 g/mol. The van der Waals surface area contributed by atoms with Crippen molar-refractivity contribution in [2.24, 2.45) is 0 Å². The number of nitrogens with zero attached hydrogens (tertiary/aromatic N) is 2. The number of benzene rings is 1. The molecule has 0 aliphatic rings. The van der Waals surface area contributed by atoms with E-state index >= 15 is 0 Å². The standard InChI is InChI=1S/C14H18N2O4/c1-2-6-13-15-16(14(18)20-13)9-11(17)10-19-12-7-4-3-5-8-12/h3-5,7-8,11,17H,2,6,9-10H2,1H3. The largest absolute Gasteiger partial charge is 0.491 e. The Bertz CT molecular complexity index is 576. The maximum Gasteiger partial charge on any atom is 0.437 e. The summed E-state index contributed by atoms with van der Waals surface area (Å²) >= 11 is 0. The molecule has 2 aromatic rings. The van der Waals surface area contributed by atoms with E-state index in [9.17, 15) is 9.90 Å². The third kappa shape index (κ3) is 3.96. The summed E-state index contributed by atoms with van der Waals surface area (Å²) in [4.78, 5) is 11.5. The van der Waals surface area contributed by atoms with Gasteiger partial charge >= 0.3 is 5.76 Å². The minimum atomic E-state index is -0.826. The molecule has 0 radical (unpaired) electrons. The lowest BCUT2D eigenvalue weighted by Crippen LogP contribution is -2.29. The van der Waals surface area contributed by atoms with E-state index in [1.54, 1.807) is 12.1 Å². The van der Waals surface area contributed by atoms with Gasteiger partial charge in [0.05, 0.1) is 6.54 Å². The van der Waals surface area contributed by atoms with Crippen LogP contribution >= 0.6 is 0 Å². The van der Waals surface area contributed by atoms with Crippen LogP contribution in [0.15, 0.2) is 39.5 Å². The van der Waals surface area contributed by atoms with Gasteiger partial charge in [-0.25, -0.2) is 4.79 Å². The lowest BCUT2D eigenvalue weighted by Gasteiger charge is -2.11. The van der Waals surface area contributed by atoms with E-state index < -0.39 is 11.9 Å². The van der Waals surface area contributed by atoms with Crippen molar-refractivity contribution in [3.05, 3.63) is 46.8 Å². The molecule has 1 atom stereocenters. The van der Waals surface area contributed by atoms with Crippen LogP contribution < -0.4 is 10.5 Å². The Kier molecular flexibility index (Phi) is 4.95. The molecule has 0 saturated heterocycles. The van der Waals surface area contributed by atoms with Gasteiger partial charge in [0.25, 0.3) is 0 Å². The monoisotopic (exact) mass is 278 g/mol. The van der Waals surface area contributed by atoms with E-state index in [1.807, 2.05) is 25.1 Å². The number of hydrogen-bond acceptors (Lipinski definition) is 5. The number of ether oxygens (including phenoxy) is 1. The van der Waals surface area contributed by atoms with Gasteiger partial charge in [0, 0.05) is 6.42 Å². The van der Waals surface area contributed by atoms with Crippen molar-refractivity contribution in [2.45, 2.75) is 32.4 Å². The van der Waals surface area contributed by atoms with Crippen LogP contribution in [0.2, 0.25) is 0 Å². The van der Waals surface area contributed by atoms with Crippen molar-refractivity contribution in [1.82, 2.24) is 9.78 Å². The zero-order chi connectivity index (χ0) is 14.4. The number of aromatic nitrogens is 2. The van der Waals surface area contributed by atoms with Crippen LogP contribution in [0.25, 0.3) is 0 Å². The molecule has 0 bridgehead atoms. The maximum atomic E-state index is 11.5. The number of para-hydroxylation sites is 1. The lowest BCUT2D eigenvalue weighted by molar-refractivity contribution is 0.0875. The van der Waals surface area contributed by atoms with Crippen molar-refractivity contribution in [3.8, 4) is 5.75 Å². The molecular formula is C14H18N2O4. The van der Waals surface area contributed by atoms with Crippen molar-refractivity contribution < 1.29 is 14.3 Å². The minimum Gasteiger partial charge on any atom is -0.491 e. The summed E-state index contributed by atoms with van der Waals surface area (Å²) in [5, 5.41) is 13.9. The fraction of sp³-hybridized carbons (Fsp3) is 0.429. The summed E-state index contributed by atoms with van der Waals surface area (Å²) in [5.74, 6) is 0.520. The molecule has 6 heteroatoms. The first-order valence-corrected chi connectivity index (χ1v) is 6.61. The Morgan fingerprint density at radius 3 is 2.85 bits per heavy atom. The quantitative estimate of drug-likeness (QED) is 0.824. The van der Waals surface area contributed by atoms with Crippen LogP contribution in [0.5, 0.6) is 5.75 Å². The summed E-state index contributed by atoms with van der Waals surface area (Å²) in [6.45, 7) is 2.12. The van der Waals surface area contributed by atoms with Gasteiger partial charge < -0.3 is 14.3 Å². The first-order chi connectivity index (χ1) is 9.69. The van der Waals surface area contributed by atoms with Gasteiger partial charge in [-0.05, 0) is 18.6 Å². The van der Waals surface area contributed by atoms with Crippen LogP contribution in [0, 0.1) is 0 Å². The molecule has 1 aromatic heterocycles. The van der Waals surface area contributed by atoms with Crippen molar-refractivity contribution in [1.29, 1.82) is 0 Å². The van der Waals surface area contributed by atoms with E-state index in [2.05, 4.69) is 5.10 Å². The Hall–Kier alpha value is -2.08. The molecule has 0 saturated carbocycles. The second-order valence-electron chi connectivity index (χ2n) is 4.47. The zero-order valence-electron chi connectivity index (χ0n) is 11.4. The molecule has 1 unspecified atom stereocenters. The highest BCUT2D eigenvalue weighted by molar-refractivity contribution is 5.20. The third-order valence-corrected chi connectivity index (χ3v) is 2.68. The highest BCUT2D eigenvalue weighted by Crippen LogP contribution is 2.08. The summed E-state index contributed by atoms with van der Waals surface area (Å²) in [7, 11) is 0. The Labute approximate surface area is 116 Å². The molecule has 0 fully saturated rings. The van der Waals surface area contributed by atoms with Crippen LogP contribution in [0.4, 0.5) is 0 Å². The van der Waals surface area contributed by atoms with Gasteiger partial charge in [0.2, 0.25) is 5.89 Å². The number of aliphatic hydroxyl groups excluding tert-OH is 1. The molecule has 6 nitrogen and oxygen atoms in total. The smallest absolute Gasteiger partial charge is 0.437 e. The van der Waals surface area contributed by atoms with Gasteiger partial charge in [-0.15, -0.1) is 5.10 Å². The van der Waals surface area contributed by atoms with E-state index in [-0.39, 0.29) is 13.2 Å². The maximum absolute atomic E-state index is 11.5. The average Bonchev–Trinajstić information content (AvgIpc) is 2.78. The molecule has 1 N–H and O–H groups in total. The first kappa shape index (κ1) is 14.3. The predicted molar refractivity (Wildman–Crippen MR) is 72.7 cm³/mol. The minimum absolute atomic E-state index is 0.0544. The van der Waals surface area contributed by atoms with E-state index in [1.165, 1.54) is 0 Å². The van der Waals surface area contributed by atoms with Gasteiger partial charge in [-0.2, -0.15) is 4.68 Å². The normalized spacial score (nSPS) is 12.3. The second kappa shape index (κ2) is 6.91. The second-order valence-corrected chi connectivity index (χ2v) is 4.47. The number of aliphatic hydroxyl groups is 1. The Morgan fingerprint density at radius 2 is 2.15 bits per heavy atom. The predicted octanol–water partition coefficient (Wildman–Crippen LogP) is 1.23. The van der Waals surface area contributed by atoms with E-state index in [0.29, 0.717) is 18.1 Å². The molecule has 0 aliphatic heterocycles. The summed E-state index contributed by atoms with van der Waals surface area (Å²) in [6, 6.07) is 9.18. The SMILES string of the molecule is CCCc1nn(CC(O)COc2ccccc2)c(=O)o1. The van der Waals surface area contributed by atoms with Crippen molar-refractivity contribution in [2.75, 3.05) is 6.61 Å². The molecule has 2 rings (SSSR count). The highest BCUT2D eigenvalue weighted by atomic mass is 16.5. The van der Waals surface area contributed by atoms with E-state index in [0.717, 1.165) is 11.1 Å². The summed E-state index contributed by atoms with van der Waals surface area (Å²) < 4.78 is 11.5. The number of aryl methyl sites for hydroxylation is 1. The van der Waals surface area contributed by atoms with Gasteiger partial charge in [0.1, 0.15) is 18.5 Å². The molecule has 108 valence electrons. The number of hydrogen-bond donors (Lipinski definition) is 1. The first-order valence-electron chi connectivity index (χ1n) is 6.61. The van der Waals surface area contributed by atoms with Crippen LogP contribution in [0.3, 0.4) is 0 Å². The summed E-state index contributed by atoms with van der Waals surface area (Å²) in [5.41, 5.74) is 0. The topological polar surface area (TPSA) is 77.5 Å². The molecule has 0 spiro atoms. The van der Waals surface area contributed by atoms with E-state index in [4.69, 9.17) is 9.15 Å². The molecule has 20 heavy (non-hydrogen) atoms. The lowest BCUT2D eigenvalue weighted by atomic mass is 10.3. The third-order valence-electron chi connectivity index (χ3n) is 2.68. The van der Waals surface area contributed by atoms with Crippen molar-refractivity contribution >= 4 is 0 Å². The zero-order valence-corrected chi connectivity index (χ0v) is 11.4. The fourth-order valence-corrected chi connectivity index (χ4v) is 1.74. The number of rotatable bonds is 7. The fourth-order valence-electron chi connectivity index (χ4n) is 1.74. The Morgan fingerprint density at radius 1 is 1.40 bits per heavy atom. The van der Waals surface area contributed by atoms with Gasteiger partial charge in [0.15, 0.2) is 0 Å².